The summed E-state index contributed by atoms with van der Waals surface area (Å²) >= 11 is 0. The van der Waals surface area contributed by atoms with Crippen molar-refractivity contribution >= 4 is 5.88 Å². The fourth-order valence-electron chi connectivity index (χ4n) is 4.73. The van der Waals surface area contributed by atoms with Gasteiger partial charge in [0.1, 0.15) is 0 Å². The van der Waals surface area contributed by atoms with Gasteiger partial charge in [-0.15, -0.1) is 0 Å². The van der Waals surface area contributed by atoms with Gasteiger partial charge in [-0.3, -0.25) is 0 Å². The molecule has 2 aliphatic carbocycles. The van der Waals surface area contributed by atoms with E-state index < -0.39 is 11.7 Å². The van der Waals surface area contributed by atoms with Gasteiger partial charge in [0.15, 0.2) is 0 Å². The molecule has 0 bridgehead atoms. The van der Waals surface area contributed by atoms with Crippen LogP contribution < -0.4 is 5.73 Å². The third-order valence-corrected chi connectivity index (χ3v) is 6.12. The van der Waals surface area contributed by atoms with E-state index in [1.165, 1.54) is 44.2 Å². The number of rotatable bonds is 2. The highest BCUT2D eigenvalue weighted by atomic mass is 19.4. The molecule has 4 rings (SSSR count). The maximum absolute atomic E-state index is 12.8. The second-order valence-corrected chi connectivity index (χ2v) is 7.67. The van der Waals surface area contributed by atoms with Crippen LogP contribution in [0.25, 0.3) is 0 Å². The Morgan fingerprint density at radius 1 is 1.04 bits per heavy atom. The van der Waals surface area contributed by atoms with Crippen LogP contribution in [-0.4, -0.2) is 5.16 Å². The first-order chi connectivity index (χ1) is 12.4. The Morgan fingerprint density at radius 3 is 2.38 bits per heavy atom. The Labute approximate surface area is 150 Å². The van der Waals surface area contributed by atoms with Gasteiger partial charge in [-0.1, -0.05) is 36.6 Å². The van der Waals surface area contributed by atoms with Crippen molar-refractivity contribution in [2.45, 2.75) is 63.0 Å². The summed E-state index contributed by atoms with van der Waals surface area (Å²) in [5.41, 5.74) is 8.27. The zero-order chi connectivity index (χ0) is 18.3. The van der Waals surface area contributed by atoms with Crippen molar-refractivity contribution in [3.05, 3.63) is 46.6 Å². The number of nitrogen functional groups attached to an aromatic ring is 1. The van der Waals surface area contributed by atoms with Gasteiger partial charge in [0.05, 0.1) is 11.3 Å². The highest BCUT2D eigenvalue weighted by Crippen LogP contribution is 2.48. The van der Waals surface area contributed by atoms with Gasteiger partial charge in [-0.2, -0.15) is 13.2 Å². The van der Waals surface area contributed by atoms with E-state index in [0.717, 1.165) is 23.2 Å². The molecule has 1 aromatic carbocycles. The predicted molar refractivity (Wildman–Crippen MR) is 92.7 cm³/mol. The molecule has 0 spiro atoms. The van der Waals surface area contributed by atoms with Gasteiger partial charge >= 0.3 is 6.18 Å². The first-order valence-electron chi connectivity index (χ1n) is 9.34. The van der Waals surface area contributed by atoms with Crippen LogP contribution >= 0.6 is 0 Å². The molecule has 2 N–H and O–H groups in total. The Bertz CT molecular complexity index is 760. The van der Waals surface area contributed by atoms with E-state index in [-0.39, 0.29) is 11.8 Å². The lowest BCUT2D eigenvalue weighted by atomic mass is 9.68. The van der Waals surface area contributed by atoms with Gasteiger partial charge in [0, 0.05) is 11.5 Å². The summed E-state index contributed by atoms with van der Waals surface area (Å²) in [7, 11) is 0. The minimum absolute atomic E-state index is 0.151. The summed E-state index contributed by atoms with van der Waals surface area (Å²) < 4.78 is 43.8. The number of anilines is 1. The van der Waals surface area contributed by atoms with Gasteiger partial charge in [-0.25, -0.2) is 0 Å². The van der Waals surface area contributed by atoms with E-state index in [1.54, 1.807) is 12.1 Å². The van der Waals surface area contributed by atoms with Crippen LogP contribution in [0.3, 0.4) is 0 Å². The fraction of sp³-hybridized carbons (Fsp3) is 0.550. The van der Waals surface area contributed by atoms with Crippen LogP contribution in [0.2, 0.25) is 0 Å². The van der Waals surface area contributed by atoms with Crippen LogP contribution in [0.4, 0.5) is 19.1 Å². The van der Waals surface area contributed by atoms with E-state index in [0.29, 0.717) is 18.2 Å². The molecule has 26 heavy (non-hydrogen) atoms. The number of alkyl halides is 3. The molecule has 2 unspecified atom stereocenters. The molecule has 1 fully saturated rings. The maximum Gasteiger partial charge on any atom is 0.416 e. The first-order valence-corrected chi connectivity index (χ1v) is 9.34. The van der Waals surface area contributed by atoms with E-state index >= 15 is 0 Å². The molecule has 2 aromatic rings. The molecule has 1 heterocycles. The van der Waals surface area contributed by atoms with Crippen molar-refractivity contribution in [1.29, 1.82) is 0 Å². The average Bonchev–Trinajstić information content (AvgIpc) is 3.02. The third-order valence-electron chi connectivity index (χ3n) is 6.12. The molecule has 3 nitrogen and oxygen atoms in total. The molecule has 0 amide bonds. The first kappa shape index (κ1) is 17.4. The Morgan fingerprint density at radius 2 is 1.73 bits per heavy atom. The van der Waals surface area contributed by atoms with Gasteiger partial charge in [-0.05, 0) is 55.2 Å². The van der Waals surface area contributed by atoms with Crippen LogP contribution in [-0.2, 0) is 12.6 Å². The highest BCUT2D eigenvalue weighted by molar-refractivity contribution is 5.45. The second kappa shape index (κ2) is 6.63. The van der Waals surface area contributed by atoms with Crippen LogP contribution in [0.5, 0.6) is 0 Å². The van der Waals surface area contributed by atoms with Crippen molar-refractivity contribution < 1.29 is 17.7 Å². The molecule has 2 aliphatic rings. The van der Waals surface area contributed by atoms with E-state index in [1.807, 2.05) is 0 Å². The zero-order valence-electron chi connectivity index (χ0n) is 14.6. The molecule has 140 valence electrons. The van der Waals surface area contributed by atoms with Crippen molar-refractivity contribution in [2.24, 2.45) is 5.92 Å². The second-order valence-electron chi connectivity index (χ2n) is 7.67. The number of benzene rings is 1. The van der Waals surface area contributed by atoms with Crippen LogP contribution in [0.1, 0.15) is 72.7 Å². The summed E-state index contributed by atoms with van der Waals surface area (Å²) in [6.45, 7) is 0. The summed E-state index contributed by atoms with van der Waals surface area (Å²) in [4.78, 5) is 0. The summed E-state index contributed by atoms with van der Waals surface area (Å²) in [5.74, 6) is 1.35. The molecule has 2 atom stereocenters. The monoisotopic (exact) mass is 364 g/mol. The smallest absolute Gasteiger partial charge is 0.367 e. The minimum atomic E-state index is -4.30. The number of halogens is 3. The molecular weight excluding hydrogens is 341 g/mol. The van der Waals surface area contributed by atoms with Crippen LogP contribution in [0.15, 0.2) is 28.8 Å². The largest absolute Gasteiger partial charge is 0.416 e. The van der Waals surface area contributed by atoms with Gasteiger partial charge in [0.25, 0.3) is 0 Å². The van der Waals surface area contributed by atoms with Crippen molar-refractivity contribution in [1.82, 2.24) is 5.16 Å². The number of hydrogen-bond acceptors (Lipinski definition) is 3. The minimum Gasteiger partial charge on any atom is -0.367 e. The summed E-state index contributed by atoms with van der Waals surface area (Å²) in [6.07, 6.45) is 3.37. The standard InChI is InChI=1S/C20H23F3N2O/c21-20(22,23)15-8-6-12(7-9-15)14-10-16(13-4-2-1-3-5-13)18-17(11-14)19(24)26-25-18/h6-9,13-14,16H,1-5,10-11,24H2. The van der Waals surface area contributed by atoms with Crippen molar-refractivity contribution in [3.63, 3.8) is 0 Å². The molecular formula is C20H23F3N2O. The topological polar surface area (TPSA) is 52.0 Å². The predicted octanol–water partition coefficient (Wildman–Crippen LogP) is 5.67. The van der Waals surface area contributed by atoms with Gasteiger partial charge in [0.2, 0.25) is 5.88 Å². The van der Waals surface area contributed by atoms with E-state index in [4.69, 9.17) is 10.3 Å². The summed E-state index contributed by atoms with van der Waals surface area (Å²) in [6, 6.07) is 5.58. The summed E-state index contributed by atoms with van der Waals surface area (Å²) in [5, 5.41) is 4.24. The zero-order valence-corrected chi connectivity index (χ0v) is 14.6. The number of nitrogens with two attached hydrogens (primary N) is 1. The molecule has 1 aromatic heterocycles. The fourth-order valence-corrected chi connectivity index (χ4v) is 4.73. The molecule has 0 radical (unpaired) electrons. The highest BCUT2D eigenvalue weighted by Gasteiger charge is 2.38. The van der Waals surface area contributed by atoms with Crippen molar-refractivity contribution in [2.75, 3.05) is 5.73 Å². The van der Waals surface area contributed by atoms with E-state index in [9.17, 15) is 13.2 Å². The quantitative estimate of drug-likeness (QED) is 0.747. The van der Waals surface area contributed by atoms with Gasteiger partial charge < -0.3 is 10.3 Å². The molecule has 6 heteroatoms. The molecule has 1 saturated carbocycles. The lowest BCUT2D eigenvalue weighted by Gasteiger charge is -2.35. The Kier molecular flexibility index (Phi) is 4.45. The van der Waals surface area contributed by atoms with E-state index in [2.05, 4.69) is 5.16 Å². The SMILES string of the molecule is Nc1onc2c1CC(c1ccc(C(F)(F)F)cc1)CC2C1CCCCC1. The third kappa shape index (κ3) is 3.21. The Balaban J connectivity index is 1.63. The number of hydrogen-bond donors (Lipinski definition) is 1. The number of aromatic nitrogens is 1. The molecule has 0 aliphatic heterocycles. The average molecular weight is 364 g/mol. The van der Waals surface area contributed by atoms with Crippen molar-refractivity contribution in [3.8, 4) is 0 Å². The lowest BCUT2D eigenvalue weighted by molar-refractivity contribution is -0.137. The lowest BCUT2D eigenvalue weighted by Crippen LogP contribution is -2.25. The maximum atomic E-state index is 12.8. The number of fused-ring (bicyclic) bond motifs is 1. The molecule has 0 saturated heterocycles. The normalized spacial score (nSPS) is 24.4. The van der Waals surface area contributed by atoms with Crippen LogP contribution in [0, 0.1) is 5.92 Å². The number of nitrogens with zero attached hydrogens (tertiary/aromatic N) is 1. The Hall–Kier alpha value is -1.98.